The lowest BCUT2D eigenvalue weighted by Gasteiger charge is -2.17. The Morgan fingerprint density at radius 1 is 1.06 bits per heavy atom. The molecule has 1 aromatic carbocycles. The summed E-state index contributed by atoms with van der Waals surface area (Å²) in [6.07, 6.45) is 0. The fraction of sp³-hybridized carbons (Fsp3) is 0.500. The zero-order valence-corrected chi connectivity index (χ0v) is 11.6. The van der Waals surface area contributed by atoms with Crippen LogP contribution in [-0.2, 0) is 10.0 Å². The second-order valence-electron chi connectivity index (χ2n) is 4.81. The summed E-state index contributed by atoms with van der Waals surface area (Å²) in [4.78, 5) is 0.410. The minimum atomic E-state index is -3.28. The first-order chi connectivity index (χ1) is 8.18. The molecule has 4 nitrogen and oxygen atoms in total. The molecule has 18 heavy (non-hydrogen) atoms. The molecule has 0 radical (unpaired) electrons. The van der Waals surface area contributed by atoms with Crippen LogP contribution in [-0.4, -0.2) is 38.9 Å². The molecule has 0 spiro atoms. The van der Waals surface area contributed by atoms with Crippen molar-refractivity contribution in [3.63, 3.8) is 0 Å². The molecule has 100 valence electrons. The fourth-order valence-corrected chi connectivity index (χ4v) is 4.32. The summed E-state index contributed by atoms with van der Waals surface area (Å²) in [5.41, 5.74) is 0. The first kappa shape index (κ1) is 13.8. The van der Waals surface area contributed by atoms with Crippen molar-refractivity contribution in [2.75, 3.05) is 26.2 Å². The predicted molar refractivity (Wildman–Crippen MR) is 72.3 cm³/mol. The molecule has 2 aliphatic rings. The molecule has 2 unspecified atom stereocenters. The van der Waals surface area contributed by atoms with Gasteiger partial charge in [0.05, 0.1) is 4.90 Å². The van der Waals surface area contributed by atoms with E-state index in [-0.39, 0.29) is 12.4 Å². The Morgan fingerprint density at radius 2 is 1.61 bits per heavy atom. The minimum Gasteiger partial charge on any atom is -0.316 e. The number of rotatable bonds is 2. The highest BCUT2D eigenvalue weighted by Gasteiger charge is 2.41. The van der Waals surface area contributed by atoms with Crippen LogP contribution in [0.2, 0.25) is 0 Å². The summed E-state index contributed by atoms with van der Waals surface area (Å²) in [5, 5.41) is 3.31. The first-order valence-corrected chi connectivity index (χ1v) is 7.38. The zero-order valence-electron chi connectivity index (χ0n) is 9.95. The molecule has 2 saturated heterocycles. The van der Waals surface area contributed by atoms with Gasteiger partial charge in [-0.1, -0.05) is 18.2 Å². The number of nitrogens with one attached hydrogen (secondary N) is 1. The lowest BCUT2D eigenvalue weighted by atomic mass is 10.0. The molecule has 0 amide bonds. The van der Waals surface area contributed by atoms with E-state index in [9.17, 15) is 8.42 Å². The van der Waals surface area contributed by atoms with Crippen molar-refractivity contribution in [1.29, 1.82) is 0 Å². The highest BCUT2D eigenvalue weighted by atomic mass is 35.5. The zero-order chi connectivity index (χ0) is 11.9. The van der Waals surface area contributed by atoms with E-state index in [1.165, 1.54) is 0 Å². The molecule has 3 rings (SSSR count). The SMILES string of the molecule is Cl.O=S(=O)(c1ccccc1)N1CC2CNCC2C1. The number of hydrogen-bond acceptors (Lipinski definition) is 3. The van der Waals surface area contributed by atoms with Crippen LogP contribution in [0.3, 0.4) is 0 Å². The third kappa shape index (κ3) is 2.28. The molecule has 2 fully saturated rings. The average Bonchev–Trinajstić information content (AvgIpc) is 2.90. The van der Waals surface area contributed by atoms with E-state index in [4.69, 9.17) is 0 Å². The monoisotopic (exact) mass is 288 g/mol. The van der Waals surface area contributed by atoms with Crippen molar-refractivity contribution in [3.8, 4) is 0 Å². The quantitative estimate of drug-likeness (QED) is 0.881. The molecule has 2 aliphatic heterocycles. The van der Waals surface area contributed by atoms with Gasteiger partial charge in [0.25, 0.3) is 0 Å². The van der Waals surface area contributed by atoms with Gasteiger partial charge in [0.1, 0.15) is 0 Å². The number of fused-ring (bicyclic) bond motifs is 1. The van der Waals surface area contributed by atoms with E-state index in [1.54, 1.807) is 28.6 Å². The summed E-state index contributed by atoms with van der Waals surface area (Å²) in [6.45, 7) is 3.22. The summed E-state index contributed by atoms with van der Waals surface area (Å²) < 4.78 is 26.4. The van der Waals surface area contributed by atoms with E-state index in [1.807, 2.05) is 6.07 Å². The van der Waals surface area contributed by atoms with E-state index in [0.29, 0.717) is 29.8 Å². The van der Waals surface area contributed by atoms with Gasteiger partial charge in [0.2, 0.25) is 10.0 Å². The van der Waals surface area contributed by atoms with Crippen LogP contribution in [0.25, 0.3) is 0 Å². The standard InChI is InChI=1S/C12H16N2O2S.ClH/c15-17(16,12-4-2-1-3-5-12)14-8-10-6-13-7-11(10)9-14;/h1-5,10-11,13H,6-9H2;1H. The van der Waals surface area contributed by atoms with E-state index in [0.717, 1.165) is 13.1 Å². The Bertz CT molecular complexity index is 494. The van der Waals surface area contributed by atoms with Crippen LogP contribution in [0, 0.1) is 11.8 Å². The molecule has 0 aliphatic carbocycles. The Morgan fingerprint density at radius 3 is 2.17 bits per heavy atom. The van der Waals surface area contributed by atoms with Gasteiger partial charge in [0.15, 0.2) is 0 Å². The molecule has 0 aromatic heterocycles. The number of halogens is 1. The predicted octanol–water partition coefficient (Wildman–Crippen LogP) is 0.948. The number of hydrogen-bond donors (Lipinski definition) is 1. The van der Waals surface area contributed by atoms with Crippen molar-refractivity contribution >= 4 is 22.4 Å². The molecule has 6 heteroatoms. The van der Waals surface area contributed by atoms with Crippen LogP contribution >= 0.6 is 12.4 Å². The van der Waals surface area contributed by atoms with E-state index < -0.39 is 10.0 Å². The molecular weight excluding hydrogens is 272 g/mol. The Hall–Kier alpha value is -0.620. The van der Waals surface area contributed by atoms with Crippen LogP contribution in [0.5, 0.6) is 0 Å². The summed E-state index contributed by atoms with van der Waals surface area (Å²) in [6, 6.07) is 8.71. The number of sulfonamides is 1. The second-order valence-corrected chi connectivity index (χ2v) is 6.75. The van der Waals surface area contributed by atoms with Crippen LogP contribution in [0.1, 0.15) is 0 Å². The Balaban J connectivity index is 0.00000120. The maximum absolute atomic E-state index is 12.4. The van der Waals surface area contributed by atoms with Crippen molar-refractivity contribution in [2.24, 2.45) is 11.8 Å². The lowest BCUT2D eigenvalue weighted by Crippen LogP contribution is -2.31. The highest BCUT2D eigenvalue weighted by Crippen LogP contribution is 2.30. The summed E-state index contributed by atoms with van der Waals surface area (Å²) in [7, 11) is -3.28. The van der Waals surface area contributed by atoms with Gasteiger partial charge < -0.3 is 5.32 Å². The molecule has 2 atom stereocenters. The van der Waals surface area contributed by atoms with Crippen LogP contribution in [0.4, 0.5) is 0 Å². The van der Waals surface area contributed by atoms with Crippen LogP contribution in [0.15, 0.2) is 35.2 Å². The maximum atomic E-state index is 12.4. The van der Waals surface area contributed by atoms with Gasteiger partial charge in [-0.15, -0.1) is 12.4 Å². The Kier molecular flexibility index (Phi) is 3.96. The van der Waals surface area contributed by atoms with Gasteiger partial charge in [-0.3, -0.25) is 0 Å². The van der Waals surface area contributed by atoms with Gasteiger partial charge in [0, 0.05) is 13.1 Å². The van der Waals surface area contributed by atoms with Gasteiger partial charge >= 0.3 is 0 Å². The molecule has 1 aromatic rings. The second kappa shape index (κ2) is 5.17. The average molecular weight is 289 g/mol. The largest absolute Gasteiger partial charge is 0.316 e. The van der Waals surface area contributed by atoms with Crippen molar-refractivity contribution < 1.29 is 8.42 Å². The van der Waals surface area contributed by atoms with E-state index in [2.05, 4.69) is 5.32 Å². The summed E-state index contributed by atoms with van der Waals surface area (Å²) >= 11 is 0. The third-order valence-corrected chi connectivity index (χ3v) is 5.58. The highest BCUT2D eigenvalue weighted by molar-refractivity contribution is 7.89. The number of benzene rings is 1. The molecule has 0 saturated carbocycles. The Labute approximate surface area is 114 Å². The number of nitrogens with zero attached hydrogens (tertiary/aromatic N) is 1. The smallest absolute Gasteiger partial charge is 0.243 e. The van der Waals surface area contributed by atoms with Gasteiger partial charge in [-0.05, 0) is 37.1 Å². The fourth-order valence-electron chi connectivity index (χ4n) is 2.75. The topological polar surface area (TPSA) is 49.4 Å². The van der Waals surface area contributed by atoms with Gasteiger partial charge in [-0.2, -0.15) is 4.31 Å². The molecule has 0 bridgehead atoms. The molecule has 1 N–H and O–H groups in total. The minimum absolute atomic E-state index is 0. The lowest BCUT2D eigenvalue weighted by molar-refractivity contribution is 0.448. The first-order valence-electron chi connectivity index (χ1n) is 5.94. The third-order valence-electron chi connectivity index (χ3n) is 3.74. The molecular formula is C12H17ClN2O2S. The normalized spacial score (nSPS) is 27.8. The maximum Gasteiger partial charge on any atom is 0.243 e. The summed E-state index contributed by atoms with van der Waals surface area (Å²) in [5.74, 6) is 0.988. The van der Waals surface area contributed by atoms with Crippen molar-refractivity contribution in [2.45, 2.75) is 4.90 Å². The van der Waals surface area contributed by atoms with Crippen LogP contribution < -0.4 is 5.32 Å². The molecule has 2 heterocycles. The van der Waals surface area contributed by atoms with Crippen molar-refractivity contribution in [3.05, 3.63) is 30.3 Å². The van der Waals surface area contributed by atoms with Crippen molar-refractivity contribution in [1.82, 2.24) is 9.62 Å². The van der Waals surface area contributed by atoms with Gasteiger partial charge in [-0.25, -0.2) is 8.42 Å². The van der Waals surface area contributed by atoms with E-state index >= 15 is 0 Å².